The molecule has 1 N–H and O–H groups in total. The number of nitriles is 1. The Hall–Kier alpha value is -4.08. The molecule has 3 aromatic rings. The number of benzene rings is 2. The third-order valence-electron chi connectivity index (χ3n) is 8.06. The van der Waals surface area contributed by atoms with Gasteiger partial charge in [-0.25, -0.2) is 9.88 Å². The number of carbonyl (C=O) groups is 3. The zero-order valence-corrected chi connectivity index (χ0v) is 25.2. The molecule has 3 amide bonds. The maximum absolute atomic E-state index is 14.2. The van der Waals surface area contributed by atoms with Crippen molar-refractivity contribution in [3.05, 3.63) is 75.5 Å². The highest BCUT2D eigenvalue weighted by Crippen LogP contribution is 2.43. The van der Waals surface area contributed by atoms with Gasteiger partial charge in [0.1, 0.15) is 17.3 Å². The van der Waals surface area contributed by atoms with Crippen molar-refractivity contribution in [1.29, 1.82) is 5.26 Å². The number of rotatable bonds is 6. The van der Waals surface area contributed by atoms with E-state index in [2.05, 4.69) is 16.4 Å². The number of alkyl halides is 3. The number of hydrogen-bond acceptors (Lipinski definition) is 5. The predicted molar refractivity (Wildman–Crippen MR) is 157 cm³/mol. The fourth-order valence-electron chi connectivity index (χ4n) is 5.76. The Morgan fingerprint density at radius 1 is 1.14 bits per heavy atom. The lowest BCUT2D eigenvalue weighted by Gasteiger charge is -2.34. The van der Waals surface area contributed by atoms with Gasteiger partial charge in [0.2, 0.25) is 11.9 Å². The Labute approximate surface area is 261 Å². The molecular weight excluding hydrogens is 620 g/mol. The van der Waals surface area contributed by atoms with Crippen LogP contribution in [0.3, 0.4) is 0 Å². The van der Waals surface area contributed by atoms with Gasteiger partial charge >= 0.3 is 6.18 Å². The lowest BCUT2D eigenvalue weighted by atomic mass is 9.91. The Morgan fingerprint density at radius 3 is 2.32 bits per heavy atom. The number of fused-ring (bicyclic) bond motifs is 1. The summed E-state index contributed by atoms with van der Waals surface area (Å²) < 4.78 is 40.7. The maximum Gasteiger partial charge on any atom is 0.391 e. The first-order valence-corrected chi connectivity index (χ1v) is 14.5. The summed E-state index contributed by atoms with van der Waals surface area (Å²) in [6, 6.07) is 12.3. The monoisotopic (exact) mass is 646 g/mol. The lowest BCUT2D eigenvalue weighted by Crippen LogP contribution is -2.51. The van der Waals surface area contributed by atoms with E-state index in [1.807, 2.05) is 0 Å². The molecule has 9 nitrogen and oxygen atoms in total. The second-order valence-corrected chi connectivity index (χ2v) is 12.0. The number of hydrogen-bond donors (Lipinski definition) is 1. The maximum atomic E-state index is 14.2. The summed E-state index contributed by atoms with van der Waals surface area (Å²) in [5, 5.41) is 12.4. The van der Waals surface area contributed by atoms with Crippen molar-refractivity contribution in [3.8, 4) is 6.07 Å². The van der Waals surface area contributed by atoms with Crippen LogP contribution in [0.5, 0.6) is 0 Å². The molecule has 1 aromatic heterocycles. The summed E-state index contributed by atoms with van der Waals surface area (Å²) in [6.07, 6.45) is -3.31. The van der Waals surface area contributed by atoms with Crippen LogP contribution in [-0.4, -0.2) is 57.5 Å². The van der Waals surface area contributed by atoms with Crippen molar-refractivity contribution >= 4 is 52.6 Å². The Morgan fingerprint density at radius 2 is 1.75 bits per heavy atom. The molecule has 1 fully saturated rings. The number of likely N-dealkylation sites (tertiary alicyclic amines) is 1. The van der Waals surface area contributed by atoms with Crippen molar-refractivity contribution in [1.82, 2.24) is 19.8 Å². The fourth-order valence-corrected chi connectivity index (χ4v) is 6.27. The Bertz CT molecular complexity index is 1640. The summed E-state index contributed by atoms with van der Waals surface area (Å²) in [4.78, 5) is 47.9. The highest BCUT2D eigenvalue weighted by Gasteiger charge is 2.51. The molecule has 0 saturated carbocycles. The zero-order valence-electron chi connectivity index (χ0n) is 23.7. The Balaban J connectivity index is 1.45. The van der Waals surface area contributed by atoms with Crippen LogP contribution in [0.25, 0.3) is 0 Å². The Kier molecular flexibility index (Phi) is 8.39. The molecule has 0 aliphatic carbocycles. The molecule has 2 aromatic carbocycles. The van der Waals surface area contributed by atoms with Gasteiger partial charge in [-0.15, -0.1) is 0 Å². The van der Waals surface area contributed by atoms with Gasteiger partial charge in [0, 0.05) is 29.6 Å². The minimum Gasteiger partial charge on any atom is -0.341 e. The highest BCUT2D eigenvalue weighted by molar-refractivity contribution is 6.35. The average molecular weight is 647 g/mol. The molecule has 230 valence electrons. The SMILES string of the molecule is C[C@H](NC(=O)c1cnc2n1[C@](C)(Cc1ccc(C#N)cc1)C(=O)N2c1cc(Cl)cc(Cl)c1)C(=O)N1CCC(C(F)(F)F)CC1. The van der Waals surface area contributed by atoms with Gasteiger partial charge in [-0.05, 0) is 62.6 Å². The molecule has 0 bridgehead atoms. The van der Waals surface area contributed by atoms with E-state index in [0.29, 0.717) is 16.8 Å². The number of piperidine rings is 1. The number of amides is 3. The van der Waals surface area contributed by atoms with Crippen LogP contribution in [0, 0.1) is 17.2 Å². The average Bonchev–Trinajstić information content (AvgIpc) is 3.49. The van der Waals surface area contributed by atoms with E-state index >= 15 is 0 Å². The second-order valence-electron chi connectivity index (χ2n) is 11.1. The number of imidazole rings is 1. The lowest BCUT2D eigenvalue weighted by molar-refractivity contribution is -0.186. The van der Waals surface area contributed by atoms with Gasteiger partial charge in [-0.1, -0.05) is 35.3 Å². The largest absolute Gasteiger partial charge is 0.391 e. The molecule has 0 radical (unpaired) electrons. The van der Waals surface area contributed by atoms with Gasteiger partial charge in [0.25, 0.3) is 11.8 Å². The van der Waals surface area contributed by atoms with E-state index in [4.69, 9.17) is 23.2 Å². The van der Waals surface area contributed by atoms with E-state index < -0.39 is 41.4 Å². The van der Waals surface area contributed by atoms with Crippen LogP contribution in [0.1, 0.15) is 48.3 Å². The van der Waals surface area contributed by atoms with Gasteiger partial charge in [0.05, 0.1) is 29.4 Å². The number of halogens is 5. The molecule has 2 aliphatic rings. The number of nitrogens with zero attached hydrogens (tertiary/aromatic N) is 5. The number of nitrogens with one attached hydrogen (secondary N) is 1. The van der Waals surface area contributed by atoms with E-state index in [1.165, 1.54) is 33.6 Å². The van der Waals surface area contributed by atoms with E-state index in [9.17, 15) is 32.8 Å². The second kappa shape index (κ2) is 11.8. The topological polar surface area (TPSA) is 111 Å². The molecule has 3 heterocycles. The zero-order chi connectivity index (χ0) is 32.0. The molecule has 2 aliphatic heterocycles. The molecule has 0 spiro atoms. The summed E-state index contributed by atoms with van der Waals surface area (Å²) in [6.45, 7) is 2.97. The molecule has 14 heteroatoms. The summed E-state index contributed by atoms with van der Waals surface area (Å²) in [7, 11) is 0. The molecule has 5 rings (SSSR count). The molecule has 0 unspecified atom stereocenters. The highest BCUT2D eigenvalue weighted by atomic mass is 35.5. The first kappa shape index (κ1) is 31.3. The van der Waals surface area contributed by atoms with Crippen molar-refractivity contribution in [3.63, 3.8) is 0 Å². The smallest absolute Gasteiger partial charge is 0.341 e. The third-order valence-corrected chi connectivity index (χ3v) is 8.49. The van der Waals surface area contributed by atoms with Gasteiger partial charge in [-0.2, -0.15) is 18.4 Å². The summed E-state index contributed by atoms with van der Waals surface area (Å²) in [5.74, 6) is -2.96. The van der Waals surface area contributed by atoms with Gasteiger partial charge in [0.15, 0.2) is 0 Å². The quantitative estimate of drug-likeness (QED) is 0.374. The molecular formula is C30H27Cl2F3N6O3. The van der Waals surface area contributed by atoms with Crippen LogP contribution in [0.2, 0.25) is 10.0 Å². The normalized spacial score (nSPS) is 19.5. The van der Waals surface area contributed by atoms with Crippen LogP contribution in [0.4, 0.5) is 24.8 Å². The summed E-state index contributed by atoms with van der Waals surface area (Å²) in [5.41, 5.74) is 0.101. The van der Waals surface area contributed by atoms with Crippen LogP contribution >= 0.6 is 23.2 Å². The van der Waals surface area contributed by atoms with Crippen LogP contribution in [-0.2, 0) is 21.5 Å². The van der Waals surface area contributed by atoms with Gasteiger partial charge < -0.3 is 10.2 Å². The number of carbonyl (C=O) groups excluding carboxylic acids is 3. The molecule has 44 heavy (non-hydrogen) atoms. The van der Waals surface area contributed by atoms with Crippen LogP contribution in [0.15, 0.2) is 48.7 Å². The first-order valence-electron chi connectivity index (χ1n) is 13.8. The van der Waals surface area contributed by atoms with E-state index in [0.717, 1.165) is 0 Å². The predicted octanol–water partition coefficient (Wildman–Crippen LogP) is 5.62. The first-order chi connectivity index (χ1) is 20.7. The minimum atomic E-state index is -4.32. The van der Waals surface area contributed by atoms with Crippen molar-refractivity contribution < 1.29 is 27.6 Å². The van der Waals surface area contributed by atoms with E-state index in [-0.39, 0.29) is 54.0 Å². The minimum absolute atomic E-state index is 0.00412. The third kappa shape index (κ3) is 5.86. The number of anilines is 2. The van der Waals surface area contributed by atoms with Crippen molar-refractivity contribution in [2.75, 3.05) is 18.0 Å². The van der Waals surface area contributed by atoms with Crippen molar-refractivity contribution in [2.24, 2.45) is 5.92 Å². The van der Waals surface area contributed by atoms with Crippen molar-refractivity contribution in [2.45, 2.75) is 50.9 Å². The number of aromatic nitrogens is 2. The van der Waals surface area contributed by atoms with Crippen LogP contribution < -0.4 is 10.2 Å². The van der Waals surface area contributed by atoms with E-state index in [1.54, 1.807) is 43.3 Å². The molecule has 2 atom stereocenters. The van der Waals surface area contributed by atoms with Gasteiger partial charge in [-0.3, -0.25) is 19.0 Å². The standard InChI is InChI=1S/C30H27Cl2F3N6O3/c1-17(26(43)39-9-7-20(8-10-39)30(33,34)35)38-25(42)24-16-37-28-40(23-12-21(31)11-22(32)13-23)27(44)29(2,41(24)28)14-18-3-5-19(15-36)6-4-18/h3-6,11-13,16-17,20H,7-10,14H2,1-2H3,(H,38,42)/t17-,29+/m0/s1. The summed E-state index contributed by atoms with van der Waals surface area (Å²) >= 11 is 12.5. The molecule has 1 saturated heterocycles. The fraction of sp³-hybridized carbons (Fsp3) is 0.367.